The summed E-state index contributed by atoms with van der Waals surface area (Å²) >= 11 is 28.2. The maximum Gasteiger partial charge on any atom is 0.269 e. The van der Waals surface area contributed by atoms with E-state index in [1.54, 1.807) is 38.4 Å². The minimum atomic E-state index is -0.0803. The molecule has 0 aliphatic carbocycles. The topological polar surface area (TPSA) is 95.8 Å². The van der Waals surface area contributed by atoms with Crippen molar-refractivity contribution in [1.29, 1.82) is 0 Å². The predicted molar refractivity (Wildman–Crippen MR) is 178 cm³/mol. The molecule has 0 bridgehead atoms. The summed E-state index contributed by atoms with van der Waals surface area (Å²) in [5.41, 5.74) is 10.6. The Morgan fingerprint density at radius 3 is 1.36 bits per heavy atom. The normalized spacial score (nSPS) is 11.2. The molecule has 2 aromatic carbocycles. The number of hydrogen-bond acceptors (Lipinski definition) is 5. The quantitative estimate of drug-likeness (QED) is 0.205. The zero-order valence-electron chi connectivity index (χ0n) is 24.1. The molecule has 0 unspecified atom stereocenters. The van der Waals surface area contributed by atoms with Gasteiger partial charge in [-0.25, -0.2) is 9.36 Å². The largest absolute Gasteiger partial charge is 0.399 e. The molecule has 2 aromatic heterocycles. The second-order valence-corrected chi connectivity index (χ2v) is 13.1. The van der Waals surface area contributed by atoms with E-state index in [9.17, 15) is 9.59 Å². The lowest BCUT2D eigenvalue weighted by atomic mass is 10.0. The third kappa shape index (κ3) is 8.38. The highest BCUT2D eigenvalue weighted by Crippen LogP contribution is 2.31. The molecule has 42 heavy (non-hydrogen) atoms. The minimum absolute atomic E-state index is 0.0678. The van der Waals surface area contributed by atoms with Gasteiger partial charge in [0.2, 0.25) is 0 Å². The Bertz CT molecular complexity index is 1560. The Hall–Kier alpha value is -2.36. The number of nitrogens with zero attached hydrogens (tertiary/aromatic N) is 4. The first-order chi connectivity index (χ1) is 19.6. The van der Waals surface area contributed by atoms with Gasteiger partial charge in [-0.3, -0.25) is 9.59 Å². The molecule has 0 aliphatic heterocycles. The van der Waals surface area contributed by atoms with Crippen LogP contribution >= 0.6 is 62.3 Å². The van der Waals surface area contributed by atoms with Crippen LogP contribution in [0.25, 0.3) is 0 Å². The van der Waals surface area contributed by atoms with E-state index < -0.39 is 0 Å². The summed E-state index contributed by atoms with van der Waals surface area (Å²) in [6.45, 7) is 7.92. The van der Waals surface area contributed by atoms with Gasteiger partial charge < -0.3 is 5.73 Å². The Kier molecular flexibility index (Phi) is 11.7. The van der Waals surface area contributed by atoms with Crippen LogP contribution in [-0.4, -0.2) is 19.6 Å². The van der Waals surface area contributed by atoms with Crippen LogP contribution in [0.15, 0.2) is 50.5 Å². The van der Waals surface area contributed by atoms with Crippen LogP contribution in [-0.2, 0) is 26.9 Å². The molecular weight excluding hydrogens is 684 g/mol. The van der Waals surface area contributed by atoms with Crippen molar-refractivity contribution in [2.24, 2.45) is 14.1 Å². The van der Waals surface area contributed by atoms with Gasteiger partial charge in [-0.1, -0.05) is 90.0 Å². The molecule has 0 fully saturated rings. The molecule has 0 amide bonds. The number of anilines is 1. The highest BCUT2D eigenvalue weighted by molar-refractivity contribution is 9.10. The van der Waals surface area contributed by atoms with Gasteiger partial charge >= 0.3 is 0 Å². The van der Waals surface area contributed by atoms with Gasteiger partial charge in [-0.15, -0.1) is 0 Å². The first-order valence-corrected chi connectivity index (χ1v) is 15.4. The Balaban J connectivity index is 0.000000230. The molecule has 12 heteroatoms. The average Bonchev–Trinajstić information content (AvgIpc) is 2.87. The molecule has 0 radical (unpaired) electrons. The van der Waals surface area contributed by atoms with Crippen LogP contribution in [0.2, 0.25) is 20.1 Å². The maximum absolute atomic E-state index is 12.0. The van der Waals surface area contributed by atoms with Crippen LogP contribution in [0, 0.1) is 0 Å². The van der Waals surface area contributed by atoms with Crippen LogP contribution in [0.4, 0.5) is 5.69 Å². The summed E-state index contributed by atoms with van der Waals surface area (Å²) in [6.07, 6.45) is 0.935. The molecular formula is C30H32BrCl4N5O2. The molecule has 0 spiro atoms. The summed E-state index contributed by atoms with van der Waals surface area (Å²) in [5.74, 6) is 0.268. The van der Waals surface area contributed by atoms with Crippen molar-refractivity contribution in [2.75, 3.05) is 5.73 Å². The fourth-order valence-electron chi connectivity index (χ4n) is 4.28. The van der Waals surface area contributed by atoms with E-state index in [-0.39, 0.29) is 23.0 Å². The second-order valence-electron chi connectivity index (χ2n) is 10.5. The third-order valence-corrected chi connectivity index (χ3v) is 8.32. The first kappa shape index (κ1) is 34.1. The summed E-state index contributed by atoms with van der Waals surface area (Å²) < 4.78 is 3.55. The maximum atomic E-state index is 12.0. The van der Waals surface area contributed by atoms with Crippen molar-refractivity contribution in [3.8, 4) is 0 Å². The van der Waals surface area contributed by atoms with Crippen molar-refractivity contribution >= 4 is 68.0 Å². The minimum Gasteiger partial charge on any atom is -0.399 e. The standard InChI is InChI=1S/C15H15BrCl2N2O.C15H17Cl2N3O/c1-8(2)11-6-10(19-20(3)15(11)21)7-12-13(17)4-9(16)5-14(12)18;1-8(2)11-6-10(19-20(3)15(11)21)7-12-13(16)4-9(18)5-14(12)17/h4-6,8H,7H2,1-3H3;4-6,8H,7,18H2,1-3H3. The lowest BCUT2D eigenvalue weighted by Crippen LogP contribution is -2.25. The van der Waals surface area contributed by atoms with Crippen molar-refractivity contribution in [3.05, 3.63) is 115 Å². The molecule has 0 aliphatic rings. The van der Waals surface area contributed by atoms with E-state index in [1.807, 2.05) is 39.8 Å². The van der Waals surface area contributed by atoms with Gasteiger partial charge in [0.15, 0.2) is 0 Å². The molecule has 4 aromatic rings. The fourth-order valence-corrected chi connectivity index (χ4v) is 6.26. The molecule has 224 valence electrons. The monoisotopic (exact) mass is 713 g/mol. The Morgan fingerprint density at radius 1 is 0.690 bits per heavy atom. The fraction of sp³-hybridized carbons (Fsp3) is 0.333. The van der Waals surface area contributed by atoms with E-state index in [2.05, 4.69) is 26.1 Å². The van der Waals surface area contributed by atoms with Gasteiger partial charge in [0, 0.05) is 68.3 Å². The smallest absolute Gasteiger partial charge is 0.269 e. The number of hydrogen-bond donors (Lipinski definition) is 1. The first-order valence-electron chi connectivity index (χ1n) is 13.1. The van der Waals surface area contributed by atoms with Crippen molar-refractivity contribution in [2.45, 2.75) is 52.4 Å². The van der Waals surface area contributed by atoms with E-state index in [1.165, 1.54) is 9.36 Å². The van der Waals surface area contributed by atoms with Crippen LogP contribution < -0.4 is 16.9 Å². The Labute approximate surface area is 273 Å². The lowest BCUT2D eigenvalue weighted by molar-refractivity contribution is 0.658. The SMILES string of the molecule is CC(C)c1cc(Cc2c(Cl)cc(Br)cc2Cl)nn(C)c1=O.CC(C)c1cc(Cc2c(Cl)cc(N)cc2Cl)nn(C)c1=O. The highest BCUT2D eigenvalue weighted by Gasteiger charge is 2.15. The zero-order chi connectivity index (χ0) is 31.5. The van der Waals surface area contributed by atoms with E-state index >= 15 is 0 Å². The average molecular weight is 716 g/mol. The summed E-state index contributed by atoms with van der Waals surface area (Å²) in [7, 11) is 3.30. The van der Waals surface area contributed by atoms with Gasteiger partial charge in [0.25, 0.3) is 11.1 Å². The van der Waals surface area contributed by atoms with Crippen molar-refractivity contribution in [1.82, 2.24) is 19.6 Å². The van der Waals surface area contributed by atoms with Crippen LogP contribution in [0.1, 0.15) is 73.2 Å². The third-order valence-electron chi connectivity index (χ3n) is 6.51. The molecule has 2 N–H and O–H groups in total. The molecule has 2 heterocycles. The number of aromatic nitrogens is 4. The van der Waals surface area contributed by atoms with Crippen molar-refractivity contribution in [3.63, 3.8) is 0 Å². The number of halogens is 5. The molecule has 4 rings (SSSR count). The van der Waals surface area contributed by atoms with E-state index in [0.29, 0.717) is 38.6 Å². The number of nitrogen functional groups attached to an aromatic ring is 1. The van der Waals surface area contributed by atoms with Crippen molar-refractivity contribution < 1.29 is 0 Å². The highest BCUT2D eigenvalue weighted by atomic mass is 79.9. The molecule has 7 nitrogen and oxygen atoms in total. The predicted octanol–water partition coefficient (Wildman–Crippen LogP) is 7.95. The Morgan fingerprint density at radius 2 is 1.02 bits per heavy atom. The van der Waals surface area contributed by atoms with Gasteiger partial charge in [-0.05, 0) is 59.4 Å². The molecule has 0 atom stereocenters. The molecule has 0 saturated carbocycles. The van der Waals surface area contributed by atoms with Crippen LogP contribution in [0.3, 0.4) is 0 Å². The lowest BCUT2D eigenvalue weighted by Gasteiger charge is -2.12. The molecule has 0 saturated heterocycles. The second kappa shape index (κ2) is 14.4. The summed E-state index contributed by atoms with van der Waals surface area (Å²) in [4.78, 5) is 24.1. The number of nitrogens with two attached hydrogens (primary N) is 1. The van der Waals surface area contributed by atoms with Crippen LogP contribution in [0.5, 0.6) is 0 Å². The number of aryl methyl sites for hydroxylation is 2. The van der Waals surface area contributed by atoms with Gasteiger partial charge in [-0.2, -0.15) is 10.2 Å². The number of benzene rings is 2. The zero-order valence-corrected chi connectivity index (χ0v) is 28.7. The van der Waals surface area contributed by atoms with E-state index in [4.69, 9.17) is 52.1 Å². The van der Waals surface area contributed by atoms with Gasteiger partial charge in [0.1, 0.15) is 0 Å². The van der Waals surface area contributed by atoms with E-state index in [0.717, 1.165) is 38.1 Å². The summed E-state index contributed by atoms with van der Waals surface area (Å²) in [6, 6.07) is 10.6. The van der Waals surface area contributed by atoms with Gasteiger partial charge in [0.05, 0.1) is 11.4 Å². The number of rotatable bonds is 6. The summed E-state index contributed by atoms with van der Waals surface area (Å²) in [5, 5.41) is 10.7.